The number of nitrogens with one attached hydrogen (secondary N) is 1. The van der Waals surface area contributed by atoms with Crippen molar-refractivity contribution < 1.29 is 18.0 Å². The average Bonchev–Trinajstić information content (AvgIpc) is 2.33. The molecule has 1 rings (SSSR count). The minimum absolute atomic E-state index is 0.263. The number of nitrogens with zero attached hydrogens (tertiary/aromatic N) is 1. The number of carbonyl (C=O) groups excluding carboxylic acids is 1. The van der Waals surface area contributed by atoms with Crippen LogP contribution in [0.3, 0.4) is 0 Å². The zero-order valence-electron chi connectivity index (χ0n) is 12.0. The Morgan fingerprint density at radius 1 is 1.35 bits per heavy atom. The monoisotopic (exact) mass is 288 g/mol. The highest BCUT2D eigenvalue weighted by Gasteiger charge is 2.34. The molecule has 0 aliphatic carbocycles. The molecule has 1 aromatic rings. The van der Waals surface area contributed by atoms with E-state index in [0.29, 0.717) is 0 Å². The summed E-state index contributed by atoms with van der Waals surface area (Å²) in [7, 11) is 1.74. The summed E-state index contributed by atoms with van der Waals surface area (Å²) in [5.41, 5.74) is 1.92. The lowest BCUT2D eigenvalue weighted by molar-refractivity contribution is -0.143. The largest absolute Gasteiger partial charge is 0.406 e. The number of carbonyl (C=O) groups is 1. The number of hydrogen-bond acceptors (Lipinski definition) is 2. The van der Waals surface area contributed by atoms with Crippen molar-refractivity contribution in [1.82, 2.24) is 4.90 Å². The number of rotatable bonds is 4. The van der Waals surface area contributed by atoms with Gasteiger partial charge in [0.05, 0.1) is 0 Å². The van der Waals surface area contributed by atoms with Crippen LogP contribution in [0.4, 0.5) is 18.9 Å². The summed E-state index contributed by atoms with van der Waals surface area (Å²) < 4.78 is 37.6. The maximum Gasteiger partial charge on any atom is 0.406 e. The van der Waals surface area contributed by atoms with E-state index >= 15 is 0 Å². The van der Waals surface area contributed by atoms with Crippen molar-refractivity contribution in [2.24, 2.45) is 0 Å². The van der Waals surface area contributed by atoms with Crippen LogP contribution in [-0.4, -0.2) is 36.6 Å². The molecule has 0 atom stereocenters. The smallest absolute Gasteiger partial charge is 0.388 e. The zero-order chi connectivity index (χ0) is 15.5. The Bertz CT molecular complexity index is 484. The molecule has 0 spiro atoms. The van der Waals surface area contributed by atoms with Gasteiger partial charge in [0.25, 0.3) is 5.91 Å². The first-order chi connectivity index (χ1) is 9.15. The molecule has 3 nitrogen and oxygen atoms in total. The van der Waals surface area contributed by atoms with Crippen LogP contribution in [0.25, 0.3) is 0 Å². The summed E-state index contributed by atoms with van der Waals surface area (Å²) in [6.45, 7) is 3.69. The van der Waals surface area contributed by atoms with Crippen molar-refractivity contribution in [1.29, 1.82) is 0 Å². The van der Waals surface area contributed by atoms with E-state index in [1.165, 1.54) is 6.07 Å². The molecule has 112 valence electrons. The maximum absolute atomic E-state index is 12.5. The molecule has 20 heavy (non-hydrogen) atoms. The molecule has 0 bridgehead atoms. The van der Waals surface area contributed by atoms with Gasteiger partial charge in [-0.05, 0) is 44.5 Å². The van der Waals surface area contributed by atoms with Crippen molar-refractivity contribution in [2.45, 2.75) is 33.0 Å². The number of hydrogen-bond donors (Lipinski definition) is 1. The van der Waals surface area contributed by atoms with E-state index in [0.717, 1.165) is 16.2 Å². The maximum atomic E-state index is 12.5. The lowest BCUT2D eigenvalue weighted by Gasteiger charge is -2.28. The summed E-state index contributed by atoms with van der Waals surface area (Å²) in [6.07, 6.45) is -4.40. The number of aryl methyl sites for hydroxylation is 1. The van der Waals surface area contributed by atoms with E-state index in [-0.39, 0.29) is 5.56 Å². The number of anilines is 1. The molecule has 0 aromatic heterocycles. The highest BCUT2D eigenvalue weighted by molar-refractivity contribution is 5.95. The number of halogens is 3. The SMILES string of the molecule is CNc1ccc(C(=O)N(CC(F)(F)F)C(C)C)cc1C. The Hall–Kier alpha value is -1.72. The fourth-order valence-corrected chi connectivity index (χ4v) is 1.93. The van der Waals surface area contributed by atoms with Gasteiger partial charge in [-0.25, -0.2) is 0 Å². The lowest BCUT2D eigenvalue weighted by atomic mass is 10.1. The molecule has 1 aromatic carbocycles. The van der Waals surface area contributed by atoms with E-state index in [4.69, 9.17) is 0 Å². The minimum atomic E-state index is -4.40. The van der Waals surface area contributed by atoms with Gasteiger partial charge in [-0.2, -0.15) is 13.2 Å². The zero-order valence-corrected chi connectivity index (χ0v) is 12.0. The molecule has 6 heteroatoms. The van der Waals surface area contributed by atoms with Crippen molar-refractivity contribution in [2.75, 3.05) is 18.9 Å². The van der Waals surface area contributed by atoms with Crippen LogP contribution < -0.4 is 5.32 Å². The summed E-state index contributed by atoms with van der Waals surface area (Å²) >= 11 is 0. The molecule has 0 fully saturated rings. The molecule has 0 saturated heterocycles. The van der Waals surface area contributed by atoms with Crippen molar-refractivity contribution in [3.05, 3.63) is 29.3 Å². The van der Waals surface area contributed by atoms with Crippen molar-refractivity contribution in [3.8, 4) is 0 Å². The lowest BCUT2D eigenvalue weighted by Crippen LogP contribution is -2.43. The number of alkyl halides is 3. The first-order valence-corrected chi connectivity index (χ1v) is 6.32. The van der Waals surface area contributed by atoms with Crippen LogP contribution in [0.15, 0.2) is 18.2 Å². The standard InChI is InChI=1S/C14H19F3N2O/c1-9(2)19(8-14(15,16)17)13(20)11-5-6-12(18-4)10(3)7-11/h5-7,9,18H,8H2,1-4H3. The van der Waals surface area contributed by atoms with E-state index in [1.54, 1.807) is 40.0 Å². The fraction of sp³-hybridized carbons (Fsp3) is 0.500. The second-order valence-electron chi connectivity index (χ2n) is 4.92. The quantitative estimate of drug-likeness (QED) is 0.920. The first kappa shape index (κ1) is 16.3. The molecular weight excluding hydrogens is 269 g/mol. The molecular formula is C14H19F3N2O. The summed E-state index contributed by atoms with van der Waals surface area (Å²) in [5.74, 6) is -0.608. The summed E-state index contributed by atoms with van der Waals surface area (Å²) in [4.78, 5) is 13.0. The molecule has 0 heterocycles. The summed E-state index contributed by atoms with van der Waals surface area (Å²) in [5, 5.41) is 2.95. The topological polar surface area (TPSA) is 32.3 Å². The average molecular weight is 288 g/mol. The van der Waals surface area contributed by atoms with Gasteiger partial charge in [0.2, 0.25) is 0 Å². The van der Waals surface area contributed by atoms with Crippen molar-refractivity contribution in [3.63, 3.8) is 0 Å². The third-order valence-electron chi connectivity index (χ3n) is 2.98. The van der Waals surface area contributed by atoms with E-state index in [9.17, 15) is 18.0 Å². The van der Waals surface area contributed by atoms with Gasteiger partial charge in [0, 0.05) is 24.3 Å². The Kier molecular flexibility index (Phi) is 5.03. The summed E-state index contributed by atoms with van der Waals surface area (Å²) in [6, 6.07) is 4.30. The van der Waals surface area contributed by atoms with Gasteiger partial charge in [-0.1, -0.05) is 0 Å². The molecule has 0 radical (unpaired) electrons. The normalized spacial score (nSPS) is 11.6. The van der Waals surface area contributed by atoms with Gasteiger partial charge in [-0.15, -0.1) is 0 Å². The van der Waals surface area contributed by atoms with Crippen LogP contribution in [0.2, 0.25) is 0 Å². The second-order valence-corrected chi connectivity index (χ2v) is 4.92. The van der Waals surface area contributed by atoms with Gasteiger partial charge in [-0.3, -0.25) is 4.79 Å². The highest BCUT2D eigenvalue weighted by Crippen LogP contribution is 2.22. The highest BCUT2D eigenvalue weighted by atomic mass is 19.4. The predicted molar refractivity (Wildman–Crippen MR) is 73.0 cm³/mol. The molecule has 0 aliphatic rings. The fourth-order valence-electron chi connectivity index (χ4n) is 1.93. The van der Waals surface area contributed by atoms with E-state index in [2.05, 4.69) is 5.32 Å². The van der Waals surface area contributed by atoms with Gasteiger partial charge in [0.1, 0.15) is 6.54 Å². The third-order valence-corrected chi connectivity index (χ3v) is 2.98. The van der Waals surface area contributed by atoms with Crippen LogP contribution in [0.5, 0.6) is 0 Å². The number of benzene rings is 1. The molecule has 1 N–H and O–H groups in total. The van der Waals surface area contributed by atoms with E-state index < -0.39 is 24.7 Å². The Labute approximate surface area is 116 Å². The van der Waals surface area contributed by atoms with Gasteiger partial charge >= 0.3 is 6.18 Å². The van der Waals surface area contributed by atoms with E-state index in [1.807, 2.05) is 0 Å². The Morgan fingerprint density at radius 3 is 2.35 bits per heavy atom. The first-order valence-electron chi connectivity index (χ1n) is 6.32. The molecule has 0 unspecified atom stereocenters. The molecule has 1 amide bonds. The van der Waals surface area contributed by atoms with Gasteiger partial charge < -0.3 is 10.2 Å². The Balaban J connectivity index is 3.04. The van der Waals surface area contributed by atoms with Crippen LogP contribution in [0, 0.1) is 6.92 Å². The molecule has 0 saturated carbocycles. The van der Waals surface area contributed by atoms with Crippen molar-refractivity contribution >= 4 is 11.6 Å². The Morgan fingerprint density at radius 2 is 1.95 bits per heavy atom. The second kappa shape index (κ2) is 6.15. The number of amides is 1. The molecule has 0 aliphatic heterocycles. The van der Waals surface area contributed by atoms with Gasteiger partial charge in [0.15, 0.2) is 0 Å². The minimum Gasteiger partial charge on any atom is -0.388 e. The van der Waals surface area contributed by atoms with Crippen LogP contribution in [0.1, 0.15) is 29.8 Å². The van der Waals surface area contributed by atoms with Crippen LogP contribution >= 0.6 is 0 Å². The van der Waals surface area contributed by atoms with Crippen LogP contribution in [-0.2, 0) is 0 Å². The predicted octanol–water partition coefficient (Wildman–Crippen LogP) is 3.45. The third kappa shape index (κ3) is 4.15.